The van der Waals surface area contributed by atoms with Crippen molar-refractivity contribution in [2.45, 2.75) is 38.1 Å². The predicted molar refractivity (Wildman–Crippen MR) is 116 cm³/mol. The van der Waals surface area contributed by atoms with Gasteiger partial charge < -0.3 is 9.73 Å². The van der Waals surface area contributed by atoms with Crippen LogP contribution in [-0.4, -0.2) is 31.7 Å². The van der Waals surface area contributed by atoms with Gasteiger partial charge in [-0.25, -0.2) is 8.42 Å². The fraction of sp³-hybridized carbons (Fsp3) is 0.348. The van der Waals surface area contributed by atoms with Gasteiger partial charge in [-0.2, -0.15) is 4.31 Å². The molecule has 0 spiro atoms. The largest absolute Gasteiger partial charge is 0.451 e. The summed E-state index contributed by atoms with van der Waals surface area (Å²) >= 11 is 0. The summed E-state index contributed by atoms with van der Waals surface area (Å²) in [6, 6.07) is 14.4. The standard InChI is InChI=1S/C23H26N2O4S/c1-16-7-6-12-25(15-16)30(27,28)19-10-11-21-20(13-19)17(2)22(29-21)23(26)24-14-18-8-4-3-5-9-18/h3-5,8-11,13,16H,6-7,12,14-15H2,1-2H3,(H,24,26). The summed E-state index contributed by atoms with van der Waals surface area (Å²) in [5.41, 5.74) is 2.13. The van der Waals surface area contributed by atoms with Crippen LogP contribution in [0.1, 0.15) is 41.4 Å². The van der Waals surface area contributed by atoms with Crippen LogP contribution in [0.3, 0.4) is 0 Å². The Bertz CT molecular complexity index is 1170. The van der Waals surface area contributed by atoms with Gasteiger partial charge in [-0.05, 0) is 49.4 Å². The second kappa shape index (κ2) is 8.24. The van der Waals surface area contributed by atoms with Crippen LogP contribution >= 0.6 is 0 Å². The molecule has 4 rings (SSSR count). The first kappa shape index (κ1) is 20.6. The molecule has 1 N–H and O–H groups in total. The molecule has 7 heteroatoms. The van der Waals surface area contributed by atoms with Crippen molar-refractivity contribution in [3.8, 4) is 0 Å². The Morgan fingerprint density at radius 3 is 2.70 bits per heavy atom. The lowest BCUT2D eigenvalue weighted by atomic mass is 10.0. The lowest BCUT2D eigenvalue weighted by Gasteiger charge is -2.30. The van der Waals surface area contributed by atoms with E-state index in [2.05, 4.69) is 12.2 Å². The zero-order chi connectivity index (χ0) is 21.3. The number of hydrogen-bond donors (Lipinski definition) is 1. The summed E-state index contributed by atoms with van der Waals surface area (Å²) in [5, 5.41) is 3.50. The van der Waals surface area contributed by atoms with Gasteiger partial charge in [0, 0.05) is 30.6 Å². The third kappa shape index (κ3) is 4.00. The van der Waals surface area contributed by atoms with E-state index in [0.29, 0.717) is 42.1 Å². The number of furan rings is 1. The maximum atomic E-state index is 13.1. The molecule has 0 saturated carbocycles. The molecule has 1 unspecified atom stereocenters. The number of fused-ring (bicyclic) bond motifs is 1. The first-order valence-corrected chi connectivity index (χ1v) is 11.7. The van der Waals surface area contributed by atoms with Crippen LogP contribution in [-0.2, 0) is 16.6 Å². The summed E-state index contributed by atoms with van der Waals surface area (Å²) in [6.45, 7) is 5.33. The monoisotopic (exact) mass is 426 g/mol. The molecule has 0 radical (unpaired) electrons. The molecule has 0 aliphatic carbocycles. The number of amides is 1. The molecule has 1 fully saturated rings. The highest BCUT2D eigenvalue weighted by Gasteiger charge is 2.29. The Morgan fingerprint density at radius 2 is 1.97 bits per heavy atom. The molecule has 1 aliphatic rings. The fourth-order valence-corrected chi connectivity index (χ4v) is 5.57. The van der Waals surface area contributed by atoms with Crippen molar-refractivity contribution in [3.63, 3.8) is 0 Å². The molecule has 2 heterocycles. The summed E-state index contributed by atoms with van der Waals surface area (Å²) < 4.78 is 33.5. The highest BCUT2D eigenvalue weighted by atomic mass is 32.2. The number of aryl methyl sites for hydroxylation is 1. The van der Waals surface area contributed by atoms with Gasteiger partial charge in [-0.15, -0.1) is 0 Å². The Kier molecular flexibility index (Phi) is 5.66. The highest BCUT2D eigenvalue weighted by molar-refractivity contribution is 7.89. The van der Waals surface area contributed by atoms with Crippen molar-refractivity contribution < 1.29 is 17.6 Å². The number of hydrogen-bond acceptors (Lipinski definition) is 4. The van der Waals surface area contributed by atoms with Crippen molar-refractivity contribution >= 4 is 26.9 Å². The van der Waals surface area contributed by atoms with Crippen LogP contribution in [0, 0.1) is 12.8 Å². The van der Waals surface area contributed by atoms with Crippen LogP contribution in [0.4, 0.5) is 0 Å². The van der Waals surface area contributed by atoms with Crippen molar-refractivity contribution in [2.24, 2.45) is 5.92 Å². The summed E-state index contributed by atoms with van der Waals surface area (Å²) in [7, 11) is -3.57. The maximum Gasteiger partial charge on any atom is 0.287 e. The van der Waals surface area contributed by atoms with Crippen molar-refractivity contribution in [1.82, 2.24) is 9.62 Å². The number of carbonyl (C=O) groups excluding carboxylic acids is 1. The lowest BCUT2D eigenvalue weighted by Crippen LogP contribution is -2.39. The molecule has 6 nitrogen and oxygen atoms in total. The van der Waals surface area contributed by atoms with Crippen LogP contribution in [0.15, 0.2) is 57.8 Å². The van der Waals surface area contributed by atoms with Crippen LogP contribution in [0.5, 0.6) is 0 Å². The van der Waals surface area contributed by atoms with E-state index in [9.17, 15) is 13.2 Å². The second-order valence-electron chi connectivity index (χ2n) is 7.99. The molecule has 1 aromatic heterocycles. The lowest BCUT2D eigenvalue weighted by molar-refractivity contribution is 0.0924. The van der Waals surface area contributed by atoms with Gasteiger partial charge in [0.1, 0.15) is 5.58 Å². The van der Waals surface area contributed by atoms with Gasteiger partial charge in [0.05, 0.1) is 4.90 Å². The van der Waals surface area contributed by atoms with Gasteiger partial charge in [0.15, 0.2) is 5.76 Å². The number of rotatable bonds is 5. The molecular weight excluding hydrogens is 400 g/mol. The smallest absolute Gasteiger partial charge is 0.287 e. The average Bonchev–Trinajstić information content (AvgIpc) is 3.09. The van der Waals surface area contributed by atoms with Gasteiger partial charge in [-0.3, -0.25) is 4.79 Å². The van der Waals surface area contributed by atoms with Gasteiger partial charge in [0.2, 0.25) is 10.0 Å². The summed E-state index contributed by atoms with van der Waals surface area (Å²) in [5.74, 6) is 0.247. The number of nitrogens with zero attached hydrogens (tertiary/aromatic N) is 1. The van der Waals surface area contributed by atoms with E-state index in [1.165, 1.54) is 0 Å². The van der Waals surface area contributed by atoms with E-state index in [-0.39, 0.29) is 16.6 Å². The Labute approximate surface area is 176 Å². The summed E-state index contributed by atoms with van der Waals surface area (Å²) in [4.78, 5) is 12.9. The van der Waals surface area contributed by atoms with Gasteiger partial charge in [-0.1, -0.05) is 37.3 Å². The maximum absolute atomic E-state index is 13.1. The predicted octanol–water partition coefficient (Wildman–Crippen LogP) is 4.09. The second-order valence-corrected chi connectivity index (χ2v) is 9.93. The molecule has 1 amide bonds. The average molecular weight is 427 g/mol. The molecule has 1 saturated heterocycles. The molecule has 0 bridgehead atoms. The van der Waals surface area contributed by atoms with Crippen molar-refractivity contribution in [3.05, 3.63) is 65.4 Å². The zero-order valence-corrected chi connectivity index (χ0v) is 18.0. The fourth-order valence-electron chi connectivity index (χ4n) is 3.95. The Morgan fingerprint density at radius 1 is 1.20 bits per heavy atom. The minimum Gasteiger partial charge on any atom is -0.451 e. The first-order valence-electron chi connectivity index (χ1n) is 10.2. The SMILES string of the molecule is Cc1c(C(=O)NCc2ccccc2)oc2ccc(S(=O)(=O)N3CCCC(C)C3)cc12. The third-order valence-corrected chi connectivity index (χ3v) is 7.53. The first-order chi connectivity index (χ1) is 14.4. The number of carbonyl (C=O) groups is 1. The molecular formula is C23H26N2O4S. The number of nitrogens with one attached hydrogen (secondary N) is 1. The van der Waals surface area contributed by atoms with E-state index in [0.717, 1.165) is 18.4 Å². The van der Waals surface area contributed by atoms with E-state index in [1.54, 1.807) is 29.4 Å². The minimum absolute atomic E-state index is 0.210. The van der Waals surface area contributed by atoms with E-state index in [4.69, 9.17) is 4.42 Å². The van der Waals surface area contributed by atoms with Crippen LogP contribution < -0.4 is 5.32 Å². The minimum atomic E-state index is -3.57. The van der Waals surface area contributed by atoms with Crippen molar-refractivity contribution in [2.75, 3.05) is 13.1 Å². The summed E-state index contributed by atoms with van der Waals surface area (Å²) in [6.07, 6.45) is 1.92. The number of sulfonamides is 1. The molecule has 3 aromatic rings. The number of piperidine rings is 1. The Hall–Kier alpha value is -2.64. The molecule has 2 aromatic carbocycles. The zero-order valence-electron chi connectivity index (χ0n) is 17.2. The molecule has 158 valence electrons. The van der Waals surface area contributed by atoms with Gasteiger partial charge in [0.25, 0.3) is 5.91 Å². The molecule has 1 atom stereocenters. The Balaban J connectivity index is 1.59. The topological polar surface area (TPSA) is 79.6 Å². The van der Waals surface area contributed by atoms with Gasteiger partial charge >= 0.3 is 0 Å². The van der Waals surface area contributed by atoms with Crippen LogP contribution in [0.25, 0.3) is 11.0 Å². The van der Waals surface area contributed by atoms with E-state index >= 15 is 0 Å². The van der Waals surface area contributed by atoms with Crippen molar-refractivity contribution in [1.29, 1.82) is 0 Å². The molecule has 1 aliphatic heterocycles. The van der Waals surface area contributed by atoms with E-state index < -0.39 is 10.0 Å². The molecule has 30 heavy (non-hydrogen) atoms. The highest BCUT2D eigenvalue weighted by Crippen LogP contribution is 2.30. The third-order valence-electron chi connectivity index (χ3n) is 5.67. The quantitative estimate of drug-likeness (QED) is 0.666. The van der Waals surface area contributed by atoms with Crippen LogP contribution in [0.2, 0.25) is 0 Å². The number of benzene rings is 2. The van der Waals surface area contributed by atoms with E-state index in [1.807, 2.05) is 30.3 Å². The normalized spacial score (nSPS) is 17.9.